The van der Waals surface area contributed by atoms with Crippen LogP contribution in [0.5, 0.6) is 0 Å². The van der Waals surface area contributed by atoms with Gasteiger partial charge in [0.2, 0.25) is 0 Å². The fraction of sp³-hybridized carbons (Fsp3) is 0.125. The van der Waals surface area contributed by atoms with E-state index in [0.29, 0.717) is 16.9 Å². The molecule has 2 aromatic carbocycles. The molecule has 0 aliphatic carbocycles. The number of nitriles is 1. The Morgan fingerprint density at radius 2 is 1.74 bits per heavy atom. The SMILES string of the molecule is C#CC/C(=C\C=C(C)C)c1ccc(C#Cc2ccc(SC#N)c(F)c2)cc1. The topological polar surface area (TPSA) is 23.8 Å². The number of thiocyanates is 1. The third-order valence-electron chi connectivity index (χ3n) is 3.60. The molecule has 0 fully saturated rings. The normalized spacial score (nSPS) is 10.2. The number of nitrogens with zero attached hydrogens (tertiary/aromatic N) is 1. The molecule has 2 aromatic rings. The van der Waals surface area contributed by atoms with Crippen molar-refractivity contribution in [3.8, 4) is 29.6 Å². The largest absolute Gasteiger partial charge is 0.206 e. The molecule has 0 aliphatic rings. The number of benzene rings is 2. The lowest BCUT2D eigenvalue weighted by atomic mass is 10.0. The molecule has 0 unspecified atom stereocenters. The van der Waals surface area contributed by atoms with Crippen molar-refractivity contribution in [2.24, 2.45) is 0 Å². The smallest absolute Gasteiger partial charge is 0.139 e. The zero-order valence-electron chi connectivity index (χ0n) is 15.2. The lowest BCUT2D eigenvalue weighted by molar-refractivity contribution is 0.602. The van der Waals surface area contributed by atoms with Gasteiger partial charge in [-0.2, -0.15) is 5.26 Å². The van der Waals surface area contributed by atoms with Gasteiger partial charge in [0.1, 0.15) is 11.2 Å². The lowest BCUT2D eigenvalue weighted by Crippen LogP contribution is -1.85. The van der Waals surface area contributed by atoms with Gasteiger partial charge in [-0.1, -0.05) is 41.7 Å². The fourth-order valence-corrected chi connectivity index (χ4v) is 2.65. The summed E-state index contributed by atoms with van der Waals surface area (Å²) in [7, 11) is 0. The number of allylic oxidation sites excluding steroid dienone is 4. The molecule has 0 saturated carbocycles. The van der Waals surface area contributed by atoms with Crippen LogP contribution in [0.15, 0.2) is 65.1 Å². The maximum absolute atomic E-state index is 13.8. The van der Waals surface area contributed by atoms with Gasteiger partial charge in [-0.05, 0) is 67.1 Å². The van der Waals surface area contributed by atoms with E-state index in [2.05, 4.69) is 17.8 Å². The molecule has 0 radical (unpaired) electrons. The summed E-state index contributed by atoms with van der Waals surface area (Å²) < 4.78 is 13.8. The summed E-state index contributed by atoms with van der Waals surface area (Å²) in [6.45, 7) is 4.08. The zero-order chi connectivity index (χ0) is 19.6. The molecule has 132 valence electrons. The van der Waals surface area contributed by atoms with Crippen LogP contribution in [-0.2, 0) is 0 Å². The average molecular weight is 371 g/mol. The number of rotatable bonds is 4. The Bertz CT molecular complexity index is 1020. The van der Waals surface area contributed by atoms with E-state index >= 15 is 0 Å². The van der Waals surface area contributed by atoms with Crippen LogP contribution in [0.2, 0.25) is 0 Å². The molecule has 0 bridgehead atoms. The minimum absolute atomic E-state index is 0.302. The van der Waals surface area contributed by atoms with Crippen molar-refractivity contribution >= 4 is 17.3 Å². The van der Waals surface area contributed by atoms with Gasteiger partial charge < -0.3 is 0 Å². The van der Waals surface area contributed by atoms with Gasteiger partial charge in [0.15, 0.2) is 0 Å². The maximum atomic E-state index is 13.8. The predicted molar refractivity (Wildman–Crippen MR) is 111 cm³/mol. The number of hydrogen-bond acceptors (Lipinski definition) is 2. The van der Waals surface area contributed by atoms with E-state index < -0.39 is 5.82 Å². The number of thioether (sulfide) groups is 1. The van der Waals surface area contributed by atoms with Crippen LogP contribution in [0, 0.1) is 40.7 Å². The van der Waals surface area contributed by atoms with Crippen LogP contribution in [-0.4, -0.2) is 0 Å². The monoisotopic (exact) mass is 371 g/mol. The van der Waals surface area contributed by atoms with E-state index in [-0.39, 0.29) is 0 Å². The standard InChI is InChI=1S/C24H18FNS/c1-4-5-21(12-6-18(2)3)22-13-9-19(10-14-22)7-8-20-11-15-24(27-17-26)23(25)16-20/h1,6,9-16H,5H2,2-3H3/b21-12+. The summed E-state index contributed by atoms with van der Waals surface area (Å²) in [4.78, 5) is 0.302. The van der Waals surface area contributed by atoms with Gasteiger partial charge >= 0.3 is 0 Å². The average Bonchev–Trinajstić information content (AvgIpc) is 2.66. The van der Waals surface area contributed by atoms with Gasteiger partial charge in [0.25, 0.3) is 0 Å². The Morgan fingerprint density at radius 3 is 2.33 bits per heavy atom. The third kappa shape index (κ3) is 6.23. The van der Waals surface area contributed by atoms with Gasteiger partial charge in [0, 0.05) is 17.5 Å². The Kier molecular flexibility index (Phi) is 7.51. The molecule has 0 atom stereocenters. The van der Waals surface area contributed by atoms with Crippen molar-refractivity contribution in [2.75, 3.05) is 0 Å². The fourth-order valence-electron chi connectivity index (χ4n) is 2.26. The molecular formula is C24H18FNS. The van der Waals surface area contributed by atoms with Crippen molar-refractivity contribution in [1.82, 2.24) is 0 Å². The minimum atomic E-state index is -0.438. The number of halogens is 1. The van der Waals surface area contributed by atoms with Gasteiger partial charge in [-0.15, -0.1) is 12.3 Å². The van der Waals surface area contributed by atoms with Crippen molar-refractivity contribution in [3.05, 3.63) is 82.7 Å². The summed E-state index contributed by atoms with van der Waals surface area (Å²) in [6.07, 6.45) is 10.1. The lowest BCUT2D eigenvalue weighted by Gasteiger charge is -2.04. The van der Waals surface area contributed by atoms with E-state index in [1.807, 2.05) is 55.7 Å². The summed E-state index contributed by atoms with van der Waals surface area (Å²) in [5.74, 6) is 8.22. The van der Waals surface area contributed by atoms with E-state index in [1.54, 1.807) is 12.1 Å². The molecule has 0 aromatic heterocycles. The summed E-state index contributed by atoms with van der Waals surface area (Å²) in [6, 6.07) is 12.4. The molecule has 0 N–H and O–H groups in total. The van der Waals surface area contributed by atoms with E-state index in [9.17, 15) is 4.39 Å². The van der Waals surface area contributed by atoms with E-state index in [0.717, 1.165) is 28.5 Å². The van der Waals surface area contributed by atoms with Gasteiger partial charge in [-0.3, -0.25) is 0 Å². The van der Waals surface area contributed by atoms with Crippen LogP contribution in [0.25, 0.3) is 5.57 Å². The minimum Gasteiger partial charge on any atom is -0.206 e. The second-order valence-electron chi connectivity index (χ2n) is 5.98. The first-order chi connectivity index (χ1) is 13.0. The number of hydrogen-bond donors (Lipinski definition) is 0. The van der Waals surface area contributed by atoms with Crippen LogP contribution >= 0.6 is 11.8 Å². The molecule has 1 nitrogen and oxygen atoms in total. The van der Waals surface area contributed by atoms with Crippen LogP contribution < -0.4 is 0 Å². The molecule has 0 spiro atoms. The quantitative estimate of drug-likeness (QED) is 0.278. The first-order valence-electron chi connectivity index (χ1n) is 8.29. The highest BCUT2D eigenvalue weighted by atomic mass is 32.2. The molecule has 3 heteroatoms. The molecular weight excluding hydrogens is 353 g/mol. The van der Waals surface area contributed by atoms with Crippen molar-refractivity contribution in [1.29, 1.82) is 5.26 Å². The third-order valence-corrected chi connectivity index (χ3v) is 4.25. The van der Waals surface area contributed by atoms with Crippen LogP contribution in [0.4, 0.5) is 4.39 Å². The first-order valence-corrected chi connectivity index (χ1v) is 9.10. The van der Waals surface area contributed by atoms with E-state index in [4.69, 9.17) is 11.7 Å². The Morgan fingerprint density at radius 1 is 1.07 bits per heavy atom. The molecule has 0 aliphatic heterocycles. The first kappa shape index (κ1) is 20.1. The van der Waals surface area contributed by atoms with Gasteiger partial charge in [0.05, 0.1) is 4.90 Å². The molecule has 2 rings (SSSR count). The van der Waals surface area contributed by atoms with Crippen molar-refractivity contribution < 1.29 is 4.39 Å². The number of terminal acetylenes is 1. The Hall–Kier alpha value is -3.19. The highest BCUT2D eigenvalue weighted by Gasteiger charge is 2.03. The van der Waals surface area contributed by atoms with Crippen LogP contribution in [0.1, 0.15) is 37.0 Å². The van der Waals surface area contributed by atoms with E-state index in [1.165, 1.54) is 11.6 Å². The summed E-state index contributed by atoms with van der Waals surface area (Å²) in [5.41, 5.74) is 4.73. The molecule has 0 saturated heterocycles. The highest BCUT2D eigenvalue weighted by molar-refractivity contribution is 8.03. The van der Waals surface area contributed by atoms with Gasteiger partial charge in [-0.25, -0.2) is 4.39 Å². The van der Waals surface area contributed by atoms with Crippen LogP contribution in [0.3, 0.4) is 0 Å². The highest BCUT2D eigenvalue weighted by Crippen LogP contribution is 2.21. The molecule has 0 amide bonds. The molecule has 27 heavy (non-hydrogen) atoms. The molecule has 0 heterocycles. The maximum Gasteiger partial charge on any atom is 0.139 e. The predicted octanol–water partition coefficient (Wildman–Crippen LogP) is 6.17. The zero-order valence-corrected chi connectivity index (χ0v) is 16.0. The van der Waals surface area contributed by atoms with Crippen molar-refractivity contribution in [3.63, 3.8) is 0 Å². The van der Waals surface area contributed by atoms with Crippen molar-refractivity contribution in [2.45, 2.75) is 25.2 Å². The summed E-state index contributed by atoms with van der Waals surface area (Å²) in [5, 5.41) is 10.5. The Labute approximate surface area is 164 Å². The summed E-state index contributed by atoms with van der Waals surface area (Å²) >= 11 is 0.798. The second kappa shape index (κ2) is 10.1. The Balaban J connectivity index is 2.22. The second-order valence-corrected chi connectivity index (χ2v) is 6.81.